The van der Waals surface area contributed by atoms with E-state index in [4.69, 9.17) is 5.11 Å². The summed E-state index contributed by atoms with van der Waals surface area (Å²) in [6, 6.07) is 7.54. The van der Waals surface area contributed by atoms with Crippen LogP contribution in [-0.4, -0.2) is 22.3 Å². The summed E-state index contributed by atoms with van der Waals surface area (Å²) >= 11 is 3.38. The maximum Gasteiger partial charge on any atom is 0.306 e. The molecule has 3 nitrogen and oxygen atoms in total. The maximum absolute atomic E-state index is 11.0. The van der Waals surface area contributed by atoms with Gasteiger partial charge in [0.1, 0.15) is 0 Å². The number of benzene rings is 1. The molecule has 0 aliphatic heterocycles. The summed E-state index contributed by atoms with van der Waals surface area (Å²) in [6.45, 7) is 1.61. The Balaban J connectivity index is 2.76. The number of aliphatic hydroxyl groups is 1. The average molecular weight is 287 g/mol. The third-order valence-electron chi connectivity index (χ3n) is 2.40. The van der Waals surface area contributed by atoms with Crippen LogP contribution in [0.25, 0.3) is 0 Å². The highest BCUT2D eigenvalue weighted by Crippen LogP contribution is 2.21. The number of hydrogen-bond donors (Lipinski definition) is 2. The Kier molecular flexibility index (Phi) is 4.96. The minimum Gasteiger partial charge on any atom is -0.481 e. The van der Waals surface area contributed by atoms with Gasteiger partial charge < -0.3 is 10.2 Å². The first-order valence-corrected chi connectivity index (χ1v) is 5.94. The second kappa shape index (κ2) is 6.01. The standard InChI is InChI=1S/C12H15BrO3/c1-8(14)6-10(12(15)16)7-9-4-2-3-5-11(9)13/h2-5,8,10,14H,6-7H2,1H3,(H,15,16). The van der Waals surface area contributed by atoms with E-state index in [9.17, 15) is 9.90 Å². The predicted molar refractivity (Wildman–Crippen MR) is 65.3 cm³/mol. The Hall–Kier alpha value is -0.870. The van der Waals surface area contributed by atoms with Crippen LogP contribution in [0.2, 0.25) is 0 Å². The van der Waals surface area contributed by atoms with Gasteiger partial charge in [0.25, 0.3) is 0 Å². The molecular weight excluding hydrogens is 272 g/mol. The summed E-state index contributed by atoms with van der Waals surface area (Å²) in [6.07, 6.45) is 0.113. The molecule has 16 heavy (non-hydrogen) atoms. The van der Waals surface area contributed by atoms with Crippen molar-refractivity contribution in [3.63, 3.8) is 0 Å². The Morgan fingerprint density at radius 1 is 1.44 bits per heavy atom. The van der Waals surface area contributed by atoms with E-state index in [1.165, 1.54) is 0 Å². The molecule has 1 rings (SSSR count). The molecule has 0 heterocycles. The monoisotopic (exact) mass is 286 g/mol. The average Bonchev–Trinajstić information content (AvgIpc) is 2.19. The van der Waals surface area contributed by atoms with E-state index >= 15 is 0 Å². The number of carboxylic acids is 1. The lowest BCUT2D eigenvalue weighted by Crippen LogP contribution is -2.21. The van der Waals surface area contributed by atoms with Crippen molar-refractivity contribution < 1.29 is 15.0 Å². The lowest BCUT2D eigenvalue weighted by molar-refractivity contribution is -0.142. The first kappa shape index (κ1) is 13.2. The Morgan fingerprint density at radius 2 is 2.06 bits per heavy atom. The van der Waals surface area contributed by atoms with Crippen LogP contribution in [0.15, 0.2) is 28.7 Å². The van der Waals surface area contributed by atoms with Crippen molar-refractivity contribution in [1.82, 2.24) is 0 Å². The van der Waals surface area contributed by atoms with Gasteiger partial charge in [-0.2, -0.15) is 0 Å². The fraction of sp³-hybridized carbons (Fsp3) is 0.417. The van der Waals surface area contributed by atoms with Gasteiger partial charge in [-0.25, -0.2) is 0 Å². The Labute approximate surface area is 103 Å². The fourth-order valence-corrected chi connectivity index (χ4v) is 2.06. The summed E-state index contributed by atoms with van der Waals surface area (Å²) in [7, 11) is 0. The highest BCUT2D eigenvalue weighted by molar-refractivity contribution is 9.10. The number of halogens is 1. The topological polar surface area (TPSA) is 57.5 Å². The van der Waals surface area contributed by atoms with Crippen LogP contribution in [0.3, 0.4) is 0 Å². The number of aliphatic hydroxyl groups excluding tert-OH is 1. The van der Waals surface area contributed by atoms with Crippen LogP contribution in [0.1, 0.15) is 18.9 Å². The number of carboxylic acid groups (broad SMARTS) is 1. The summed E-state index contributed by atoms with van der Waals surface area (Å²) in [5.74, 6) is -1.41. The molecule has 2 N–H and O–H groups in total. The highest BCUT2D eigenvalue weighted by Gasteiger charge is 2.20. The molecule has 4 heteroatoms. The zero-order valence-corrected chi connectivity index (χ0v) is 10.6. The van der Waals surface area contributed by atoms with Gasteiger partial charge in [-0.15, -0.1) is 0 Å². The number of hydrogen-bond acceptors (Lipinski definition) is 2. The second-order valence-corrected chi connectivity index (χ2v) is 4.77. The molecule has 2 unspecified atom stereocenters. The molecule has 88 valence electrons. The zero-order chi connectivity index (χ0) is 12.1. The van der Waals surface area contributed by atoms with Gasteiger partial charge in [-0.3, -0.25) is 4.79 Å². The summed E-state index contributed by atoms with van der Waals surface area (Å²) in [5, 5.41) is 18.3. The molecule has 0 aliphatic carbocycles. The van der Waals surface area contributed by atoms with Crippen molar-refractivity contribution in [3.05, 3.63) is 34.3 Å². The van der Waals surface area contributed by atoms with Gasteiger partial charge in [0.15, 0.2) is 0 Å². The lowest BCUT2D eigenvalue weighted by atomic mass is 9.94. The van der Waals surface area contributed by atoms with E-state index in [0.717, 1.165) is 10.0 Å². The largest absolute Gasteiger partial charge is 0.481 e. The normalized spacial score (nSPS) is 14.4. The Morgan fingerprint density at radius 3 is 2.56 bits per heavy atom. The number of rotatable bonds is 5. The molecule has 0 fully saturated rings. The van der Waals surface area contributed by atoms with Crippen molar-refractivity contribution >= 4 is 21.9 Å². The fourth-order valence-electron chi connectivity index (χ4n) is 1.61. The van der Waals surface area contributed by atoms with Gasteiger partial charge in [0.05, 0.1) is 12.0 Å². The molecule has 0 aromatic heterocycles. The third kappa shape index (κ3) is 3.94. The molecule has 1 aromatic rings. The lowest BCUT2D eigenvalue weighted by Gasteiger charge is -2.14. The minimum atomic E-state index is -0.864. The number of carbonyl (C=O) groups is 1. The van der Waals surface area contributed by atoms with Crippen LogP contribution < -0.4 is 0 Å². The summed E-state index contributed by atoms with van der Waals surface area (Å²) in [4.78, 5) is 11.0. The summed E-state index contributed by atoms with van der Waals surface area (Å²) < 4.78 is 0.909. The van der Waals surface area contributed by atoms with Crippen molar-refractivity contribution in [3.8, 4) is 0 Å². The summed E-state index contributed by atoms with van der Waals surface area (Å²) in [5.41, 5.74) is 0.954. The van der Waals surface area contributed by atoms with E-state index < -0.39 is 18.0 Å². The van der Waals surface area contributed by atoms with Gasteiger partial charge in [0.2, 0.25) is 0 Å². The molecule has 0 amide bonds. The second-order valence-electron chi connectivity index (χ2n) is 3.92. The van der Waals surface area contributed by atoms with Gasteiger partial charge in [-0.1, -0.05) is 34.1 Å². The zero-order valence-electron chi connectivity index (χ0n) is 9.06. The van der Waals surface area contributed by atoms with Crippen molar-refractivity contribution in [2.24, 2.45) is 5.92 Å². The van der Waals surface area contributed by atoms with E-state index in [1.54, 1.807) is 6.92 Å². The molecule has 0 bridgehead atoms. The van der Waals surface area contributed by atoms with Gasteiger partial charge >= 0.3 is 5.97 Å². The van der Waals surface area contributed by atoms with Crippen LogP contribution in [-0.2, 0) is 11.2 Å². The molecule has 0 spiro atoms. The van der Waals surface area contributed by atoms with Crippen molar-refractivity contribution in [2.75, 3.05) is 0 Å². The minimum absolute atomic E-state index is 0.274. The molecule has 0 aliphatic rings. The molecule has 1 aromatic carbocycles. The number of aliphatic carboxylic acids is 1. The molecular formula is C12H15BrO3. The van der Waals surface area contributed by atoms with E-state index in [-0.39, 0.29) is 6.42 Å². The highest BCUT2D eigenvalue weighted by atomic mass is 79.9. The van der Waals surface area contributed by atoms with Gasteiger partial charge in [-0.05, 0) is 31.4 Å². The van der Waals surface area contributed by atoms with Crippen LogP contribution in [0.5, 0.6) is 0 Å². The molecule has 0 saturated carbocycles. The van der Waals surface area contributed by atoms with Crippen molar-refractivity contribution in [1.29, 1.82) is 0 Å². The van der Waals surface area contributed by atoms with Crippen LogP contribution >= 0.6 is 15.9 Å². The van der Waals surface area contributed by atoms with Crippen LogP contribution in [0, 0.1) is 5.92 Å². The van der Waals surface area contributed by atoms with Gasteiger partial charge in [0, 0.05) is 4.47 Å². The predicted octanol–water partition coefficient (Wildman–Crippen LogP) is 2.46. The van der Waals surface area contributed by atoms with E-state index in [1.807, 2.05) is 24.3 Å². The first-order valence-electron chi connectivity index (χ1n) is 5.15. The van der Waals surface area contributed by atoms with E-state index in [2.05, 4.69) is 15.9 Å². The maximum atomic E-state index is 11.0. The van der Waals surface area contributed by atoms with E-state index in [0.29, 0.717) is 6.42 Å². The third-order valence-corrected chi connectivity index (χ3v) is 3.17. The Bertz CT molecular complexity index is 363. The molecule has 2 atom stereocenters. The SMILES string of the molecule is CC(O)CC(Cc1ccccc1Br)C(=O)O. The van der Waals surface area contributed by atoms with Crippen molar-refractivity contribution in [2.45, 2.75) is 25.9 Å². The van der Waals surface area contributed by atoms with Crippen LogP contribution in [0.4, 0.5) is 0 Å². The molecule has 0 saturated heterocycles. The molecule has 0 radical (unpaired) electrons. The smallest absolute Gasteiger partial charge is 0.306 e. The first-order chi connectivity index (χ1) is 7.50. The quantitative estimate of drug-likeness (QED) is 0.874.